The number of carbonyl (C=O) groups excluding carboxylic acids is 4. The lowest BCUT2D eigenvalue weighted by Gasteiger charge is -2.29. The van der Waals surface area contributed by atoms with Crippen molar-refractivity contribution >= 4 is 35.2 Å². The molecule has 32 heavy (non-hydrogen) atoms. The molecule has 0 bridgehead atoms. The van der Waals surface area contributed by atoms with E-state index in [0.717, 1.165) is 12.1 Å². The van der Waals surface area contributed by atoms with Crippen LogP contribution >= 0.6 is 11.6 Å². The normalized spacial score (nSPS) is 21.5. The van der Waals surface area contributed by atoms with Crippen LogP contribution in [0.3, 0.4) is 0 Å². The Labute approximate surface area is 195 Å². The molecule has 2 N–H and O–H groups in total. The first-order valence-electron chi connectivity index (χ1n) is 12.3. The summed E-state index contributed by atoms with van der Waals surface area (Å²) in [5.74, 6) is -8.71. The van der Waals surface area contributed by atoms with Gasteiger partial charge in [-0.1, -0.05) is 35.8 Å². The highest BCUT2D eigenvalue weighted by Crippen LogP contribution is 2.30. The third-order valence-electron chi connectivity index (χ3n) is 5.07. The Kier molecular flexibility index (Phi) is 4.02. The smallest absolute Gasteiger partial charge is 0.346 e. The van der Waals surface area contributed by atoms with Gasteiger partial charge in [0.15, 0.2) is 1.41 Å². The van der Waals surface area contributed by atoms with Gasteiger partial charge in [-0.15, -0.1) is 0 Å². The highest BCUT2D eigenvalue weighted by Gasteiger charge is 2.41. The summed E-state index contributed by atoms with van der Waals surface area (Å²) < 4.78 is 77.5. The highest BCUT2D eigenvalue weighted by molar-refractivity contribution is 6.30. The third kappa shape index (κ3) is 4.08. The second-order valence-electron chi connectivity index (χ2n) is 7.14. The summed E-state index contributed by atoms with van der Waals surface area (Å²) in [4.78, 5) is 50.3. The summed E-state index contributed by atoms with van der Waals surface area (Å²) in [6, 6.07) is -0.00964. The maximum atomic E-state index is 15.1. The topological polar surface area (TPSA) is 95.6 Å². The van der Waals surface area contributed by atoms with Crippen molar-refractivity contribution in [1.29, 1.82) is 0 Å². The van der Waals surface area contributed by atoms with Crippen molar-refractivity contribution in [2.45, 2.75) is 37.8 Å². The van der Waals surface area contributed by atoms with Crippen LogP contribution in [0.5, 0.6) is 0 Å². The van der Waals surface area contributed by atoms with Crippen LogP contribution in [0.1, 0.15) is 46.7 Å². The number of imide groups is 1. The number of hydrogen-bond acceptors (Lipinski definition) is 4. The van der Waals surface area contributed by atoms with Crippen molar-refractivity contribution < 1.29 is 36.2 Å². The summed E-state index contributed by atoms with van der Waals surface area (Å²) in [7, 11) is 0. The zero-order valence-corrected chi connectivity index (χ0v) is 16.9. The molecule has 2 aromatic rings. The summed E-state index contributed by atoms with van der Waals surface area (Å²) in [6.45, 7) is -3.30. The fourth-order valence-electron chi connectivity index (χ4n) is 3.44. The molecule has 2 aliphatic rings. The Balaban J connectivity index is 1.62. The van der Waals surface area contributed by atoms with Crippen molar-refractivity contribution in [3.8, 4) is 0 Å². The maximum absolute atomic E-state index is 15.1. The number of carbonyl (C=O) groups is 4. The molecule has 4 amide bonds. The monoisotopic (exact) mass is 467 g/mol. The molecule has 4 rings (SSSR count). The molecule has 0 radical (unpaired) electrons. The Bertz CT molecular complexity index is 1410. The molecular formula is C22H18ClF2N3O4. The molecule has 0 saturated carbocycles. The second kappa shape index (κ2) is 8.31. The van der Waals surface area contributed by atoms with Gasteiger partial charge in [-0.3, -0.25) is 24.5 Å². The molecule has 166 valence electrons. The van der Waals surface area contributed by atoms with E-state index < -0.39 is 81.7 Å². The molecular weight excluding hydrogens is 444 g/mol. The number of fused-ring (bicyclic) bond motifs is 1. The van der Waals surface area contributed by atoms with Gasteiger partial charge in [-0.05, 0) is 35.7 Å². The van der Waals surface area contributed by atoms with E-state index in [2.05, 4.69) is 5.32 Å². The summed E-state index contributed by atoms with van der Waals surface area (Å²) in [5.41, 5.74) is -1.47. The fraction of sp³-hybridized carbons (Fsp3) is 0.273. The quantitative estimate of drug-likeness (QED) is 0.660. The van der Waals surface area contributed by atoms with E-state index in [1.807, 2.05) is 0 Å². The number of halogens is 3. The predicted octanol–water partition coefficient (Wildman–Crippen LogP) is 2.51. The number of hydrogen-bond donors (Lipinski definition) is 2. The minimum atomic E-state index is -4.66. The van der Waals surface area contributed by atoms with Gasteiger partial charge >= 0.3 is 5.92 Å². The Morgan fingerprint density at radius 3 is 2.84 bits per heavy atom. The van der Waals surface area contributed by atoms with Crippen molar-refractivity contribution in [2.75, 3.05) is 0 Å². The number of alkyl halides is 2. The number of benzene rings is 2. The van der Waals surface area contributed by atoms with E-state index in [1.54, 1.807) is 0 Å². The summed E-state index contributed by atoms with van der Waals surface area (Å²) in [6.07, 6.45) is 0.108. The first-order valence-corrected chi connectivity index (χ1v) is 9.73. The molecule has 1 atom stereocenters. The number of rotatable bonds is 5. The molecule has 0 spiro atoms. The van der Waals surface area contributed by atoms with Crippen molar-refractivity contribution in [3.63, 3.8) is 0 Å². The standard InChI is InChI=1S/C22H18ClF2N3O4/c23-15-4-2-14(3-5-15)22(24,25)21(32)26-10-12-1-6-16-13(9-12)11-28(20(16)31)17-7-8-18(29)27-19(17)30/h1-6,9,17H,7-8,10-11H2,(H,26,32)(H,27,29,30)/i2D,4D,5D,10D2/hD. The van der Waals surface area contributed by atoms with Gasteiger partial charge in [-0.25, -0.2) is 0 Å². The number of nitrogens with zero attached hydrogens (tertiary/aromatic N) is 1. The fourth-order valence-corrected chi connectivity index (χ4v) is 3.55. The Morgan fingerprint density at radius 2 is 2.09 bits per heavy atom. The van der Waals surface area contributed by atoms with Gasteiger partial charge in [0, 0.05) is 35.6 Å². The largest absolute Gasteiger partial charge is 0.349 e. The van der Waals surface area contributed by atoms with Crippen LogP contribution in [0, 0.1) is 0 Å². The van der Waals surface area contributed by atoms with Crippen LogP contribution in [-0.2, 0) is 33.3 Å². The SMILES string of the molecule is [2H]c1cc(C(F)(F)C(=O)N([2H])C([2H])([2H])c2ccc3c(c2)CN(C2CCC(=O)NC2=O)C3=O)c([2H])c([2H])c1Cl. The van der Waals surface area contributed by atoms with Crippen molar-refractivity contribution in [3.05, 3.63) is 69.7 Å². The molecule has 1 saturated heterocycles. The minimum absolute atomic E-state index is 0.0194. The first-order chi connectivity index (χ1) is 17.6. The molecule has 2 heterocycles. The van der Waals surface area contributed by atoms with Gasteiger partial charge in [0.05, 0.1) is 6.85 Å². The van der Waals surface area contributed by atoms with E-state index in [-0.39, 0.29) is 30.5 Å². The lowest BCUT2D eigenvalue weighted by atomic mass is 10.0. The van der Waals surface area contributed by atoms with Crippen LogP contribution in [-0.4, -0.2) is 34.6 Å². The van der Waals surface area contributed by atoms with E-state index in [4.69, 9.17) is 19.9 Å². The average molecular weight is 468 g/mol. The van der Waals surface area contributed by atoms with Crippen molar-refractivity contribution in [2.24, 2.45) is 0 Å². The molecule has 0 aliphatic carbocycles. The van der Waals surface area contributed by atoms with Gasteiger partial charge in [0.2, 0.25) is 11.8 Å². The van der Waals surface area contributed by atoms with Crippen LogP contribution in [0.25, 0.3) is 0 Å². The van der Waals surface area contributed by atoms with E-state index >= 15 is 8.78 Å². The molecule has 0 aromatic heterocycles. The lowest BCUT2D eigenvalue weighted by molar-refractivity contribution is -0.147. The molecule has 7 nitrogen and oxygen atoms in total. The summed E-state index contributed by atoms with van der Waals surface area (Å²) in [5, 5.41) is 0.952. The second-order valence-corrected chi connectivity index (χ2v) is 7.52. The summed E-state index contributed by atoms with van der Waals surface area (Å²) >= 11 is 5.63. The minimum Gasteiger partial charge on any atom is -0.346 e. The van der Waals surface area contributed by atoms with Crippen LogP contribution < -0.4 is 10.6 Å². The van der Waals surface area contributed by atoms with E-state index in [9.17, 15) is 19.2 Å². The molecule has 2 aliphatic heterocycles. The van der Waals surface area contributed by atoms with E-state index in [0.29, 0.717) is 6.07 Å². The first kappa shape index (κ1) is 15.5. The van der Waals surface area contributed by atoms with Gasteiger partial charge in [0.1, 0.15) is 6.04 Å². The zero-order chi connectivity index (χ0) is 28.3. The number of piperidine rings is 1. The highest BCUT2D eigenvalue weighted by atomic mass is 35.5. The average Bonchev–Trinajstić information content (AvgIpc) is 3.19. The van der Waals surface area contributed by atoms with Gasteiger partial charge in [-0.2, -0.15) is 8.78 Å². The van der Waals surface area contributed by atoms with Crippen molar-refractivity contribution in [1.82, 2.24) is 15.5 Å². The molecule has 1 fully saturated rings. The molecule has 1 unspecified atom stereocenters. The number of nitrogens with one attached hydrogen (secondary N) is 2. The zero-order valence-electron chi connectivity index (χ0n) is 22.2. The van der Waals surface area contributed by atoms with Gasteiger partial charge < -0.3 is 10.2 Å². The van der Waals surface area contributed by atoms with Crippen LogP contribution in [0.4, 0.5) is 8.78 Å². The Hall–Kier alpha value is -3.33. The third-order valence-corrected chi connectivity index (χ3v) is 5.27. The molecule has 2 aromatic carbocycles. The molecule has 10 heteroatoms. The van der Waals surface area contributed by atoms with Crippen LogP contribution in [0.15, 0.2) is 42.4 Å². The predicted molar refractivity (Wildman–Crippen MR) is 110 cm³/mol. The Morgan fingerprint density at radius 1 is 1.31 bits per heavy atom. The maximum Gasteiger partial charge on any atom is 0.349 e. The number of amides is 4. The van der Waals surface area contributed by atoms with Crippen LogP contribution in [0.2, 0.25) is 6.43 Å². The van der Waals surface area contributed by atoms with E-state index in [1.165, 1.54) is 11.0 Å². The lowest BCUT2D eigenvalue weighted by Crippen LogP contribution is -2.52. The van der Waals surface area contributed by atoms with Gasteiger partial charge in [0.25, 0.3) is 11.8 Å².